The molecule has 0 saturated carbocycles. The summed E-state index contributed by atoms with van der Waals surface area (Å²) < 4.78 is 13.3. The third-order valence-corrected chi connectivity index (χ3v) is 0.631. The first-order valence-corrected chi connectivity index (χ1v) is 3.00. The molecule has 0 aliphatic rings. The maximum absolute atomic E-state index is 9.64. The average Bonchev–Trinajstić information content (AvgIpc) is 1.30. The number of nitrogens with one attached hydrogen (secondary N) is 1. The van der Waals surface area contributed by atoms with Crippen molar-refractivity contribution in [2.24, 2.45) is 0 Å². The van der Waals surface area contributed by atoms with Crippen molar-refractivity contribution in [1.29, 1.82) is 0 Å². The fraction of sp³-hybridized carbons (Fsp3) is 1.00. The second-order valence-electron chi connectivity index (χ2n) is 0.786. The molecule has 0 fully saturated rings. The monoisotopic (exact) mass is 127 g/mol. The molecular weight excluding hydrogens is 121 g/mol. The molecule has 0 spiro atoms. The smallest absolute Gasteiger partial charge is 0.302 e. The summed E-state index contributed by atoms with van der Waals surface area (Å²) in [6.07, 6.45) is 0. The Morgan fingerprint density at radius 2 is 2.14 bits per heavy atom. The van der Waals surface area contributed by atoms with Gasteiger partial charge in [0.05, 0.1) is 0 Å². The molecule has 0 unspecified atom stereocenters. The van der Waals surface area contributed by atoms with Gasteiger partial charge in [0.2, 0.25) is 0 Å². The van der Waals surface area contributed by atoms with Gasteiger partial charge >= 0.3 is 7.82 Å². The highest BCUT2D eigenvalue weighted by Gasteiger charge is 2.11. The summed E-state index contributed by atoms with van der Waals surface area (Å²) in [5, 5.41) is 0. The van der Waals surface area contributed by atoms with E-state index in [1.165, 1.54) is 7.05 Å². The molecule has 0 radical (unpaired) electrons. The van der Waals surface area contributed by atoms with Crippen molar-refractivity contribution in [3.05, 3.63) is 0 Å². The Hall–Kier alpha value is 0.0700. The zero-order valence-corrected chi connectivity index (χ0v) is 4.55. The first kappa shape index (κ1) is 7.07. The number of rotatable bonds is 2. The van der Waals surface area contributed by atoms with Crippen molar-refractivity contribution in [3.63, 3.8) is 0 Å². The highest BCUT2D eigenvalue weighted by atomic mass is 31.2. The van der Waals surface area contributed by atoms with Gasteiger partial charge in [-0.1, -0.05) is 0 Å². The predicted octanol–water partition coefficient (Wildman–Crippen LogP) is -0.770. The minimum absolute atomic E-state index is 1.26. The normalized spacial score (nSPS) is 11.9. The lowest BCUT2D eigenvalue weighted by atomic mass is 11.6. The Balaban J connectivity index is 3.36. The van der Waals surface area contributed by atoms with Crippen LogP contribution >= 0.6 is 7.82 Å². The third kappa shape index (κ3) is 6.07. The Morgan fingerprint density at radius 1 is 1.71 bits per heavy atom. The summed E-state index contributed by atoms with van der Waals surface area (Å²) in [6.45, 7) is 0. The number of phosphoric acid groups is 1. The molecule has 7 heavy (non-hydrogen) atoms. The Kier molecular flexibility index (Phi) is 2.42. The Morgan fingerprint density at radius 3 is 2.14 bits per heavy atom. The van der Waals surface area contributed by atoms with Crippen LogP contribution in [0.15, 0.2) is 0 Å². The molecule has 3 N–H and O–H groups in total. The van der Waals surface area contributed by atoms with Crippen LogP contribution < -0.4 is 5.48 Å². The van der Waals surface area contributed by atoms with Crippen LogP contribution in [-0.2, 0) is 9.19 Å². The molecule has 0 amide bonds. The minimum Gasteiger partial charge on any atom is -0.302 e. The fourth-order valence-electron chi connectivity index (χ4n) is 0.119. The van der Waals surface area contributed by atoms with E-state index in [4.69, 9.17) is 9.79 Å². The lowest BCUT2D eigenvalue weighted by Gasteiger charge is -1.98. The number of hydrogen-bond acceptors (Lipinski definition) is 3. The van der Waals surface area contributed by atoms with Crippen LogP contribution in [0, 0.1) is 0 Å². The predicted molar refractivity (Wildman–Crippen MR) is 22.2 cm³/mol. The quantitative estimate of drug-likeness (QED) is 0.335. The minimum atomic E-state index is -4.28. The van der Waals surface area contributed by atoms with Gasteiger partial charge in [-0.15, -0.1) is 0 Å². The molecule has 0 aromatic carbocycles. The molecule has 0 rings (SSSR count). The van der Waals surface area contributed by atoms with Gasteiger partial charge in [0.1, 0.15) is 0 Å². The van der Waals surface area contributed by atoms with Crippen molar-refractivity contribution >= 4 is 7.82 Å². The van der Waals surface area contributed by atoms with Gasteiger partial charge in [-0.2, -0.15) is 10.1 Å². The topological polar surface area (TPSA) is 78.8 Å². The molecule has 0 bridgehead atoms. The molecule has 0 saturated heterocycles. The second kappa shape index (κ2) is 2.40. The molecule has 0 heterocycles. The first-order chi connectivity index (χ1) is 3.06. The number of hydroxylamine groups is 1. The van der Waals surface area contributed by atoms with Gasteiger partial charge in [0.25, 0.3) is 0 Å². The summed E-state index contributed by atoms with van der Waals surface area (Å²) in [5.41, 5.74) is 1.84. The lowest BCUT2D eigenvalue weighted by molar-refractivity contribution is 0.141. The Labute approximate surface area is 40.5 Å². The van der Waals surface area contributed by atoms with E-state index in [0.29, 0.717) is 0 Å². The van der Waals surface area contributed by atoms with Crippen molar-refractivity contribution in [3.8, 4) is 0 Å². The van der Waals surface area contributed by atoms with Gasteiger partial charge in [0.15, 0.2) is 0 Å². The molecule has 6 heteroatoms. The van der Waals surface area contributed by atoms with E-state index in [2.05, 4.69) is 4.62 Å². The van der Waals surface area contributed by atoms with Crippen LogP contribution in [0.3, 0.4) is 0 Å². The van der Waals surface area contributed by atoms with E-state index in [1.807, 2.05) is 5.48 Å². The number of hydrogen-bond donors (Lipinski definition) is 3. The van der Waals surface area contributed by atoms with Crippen LogP contribution in [-0.4, -0.2) is 16.8 Å². The third-order valence-electron chi connectivity index (χ3n) is 0.210. The fourth-order valence-corrected chi connectivity index (χ4v) is 0.357. The van der Waals surface area contributed by atoms with Crippen LogP contribution in [0.4, 0.5) is 0 Å². The van der Waals surface area contributed by atoms with E-state index >= 15 is 0 Å². The highest BCUT2D eigenvalue weighted by Crippen LogP contribution is 2.33. The van der Waals surface area contributed by atoms with Crippen LogP contribution in [0.2, 0.25) is 0 Å². The van der Waals surface area contributed by atoms with Gasteiger partial charge in [-0.25, -0.2) is 4.57 Å². The standard InChI is InChI=1S/CH6NO4P/c1-2-6-7(3,4)5/h2H,1H3,(H2,3,4,5). The first-order valence-electron chi connectivity index (χ1n) is 1.47. The SMILES string of the molecule is CNOP(=O)(O)O. The van der Waals surface area contributed by atoms with Crippen molar-refractivity contribution in [1.82, 2.24) is 5.48 Å². The molecule has 0 aliphatic carbocycles. The zero-order valence-electron chi connectivity index (χ0n) is 3.66. The molecule has 44 valence electrons. The molecule has 0 atom stereocenters. The summed E-state index contributed by atoms with van der Waals surface area (Å²) in [5.74, 6) is 0. The highest BCUT2D eigenvalue weighted by molar-refractivity contribution is 7.46. The van der Waals surface area contributed by atoms with Crippen LogP contribution in [0.1, 0.15) is 0 Å². The molecular formula is CH6NO4P. The van der Waals surface area contributed by atoms with Crippen molar-refractivity contribution in [2.45, 2.75) is 0 Å². The maximum Gasteiger partial charge on any atom is 0.486 e. The van der Waals surface area contributed by atoms with Gasteiger partial charge in [-0.05, 0) is 0 Å². The van der Waals surface area contributed by atoms with E-state index in [9.17, 15) is 4.57 Å². The Bertz CT molecular complexity index is 85.7. The molecule has 0 aliphatic heterocycles. The van der Waals surface area contributed by atoms with Gasteiger partial charge in [0, 0.05) is 7.05 Å². The van der Waals surface area contributed by atoms with E-state index in [-0.39, 0.29) is 0 Å². The van der Waals surface area contributed by atoms with E-state index in [1.54, 1.807) is 0 Å². The van der Waals surface area contributed by atoms with E-state index < -0.39 is 7.82 Å². The van der Waals surface area contributed by atoms with Crippen molar-refractivity contribution < 1.29 is 19.0 Å². The van der Waals surface area contributed by atoms with Crippen molar-refractivity contribution in [2.75, 3.05) is 7.05 Å². The molecule has 0 aromatic rings. The lowest BCUT2D eigenvalue weighted by Crippen LogP contribution is -2.03. The van der Waals surface area contributed by atoms with Crippen LogP contribution in [0.5, 0.6) is 0 Å². The van der Waals surface area contributed by atoms with E-state index in [0.717, 1.165) is 0 Å². The average molecular weight is 127 g/mol. The second-order valence-corrected chi connectivity index (χ2v) is 1.95. The zero-order chi connectivity index (χ0) is 5.91. The maximum atomic E-state index is 9.64. The van der Waals surface area contributed by atoms with Gasteiger partial charge < -0.3 is 9.79 Å². The summed E-state index contributed by atoms with van der Waals surface area (Å²) >= 11 is 0. The summed E-state index contributed by atoms with van der Waals surface area (Å²) in [6, 6.07) is 0. The largest absolute Gasteiger partial charge is 0.486 e. The molecule has 0 aromatic heterocycles. The molecule has 5 nitrogen and oxygen atoms in total. The summed E-state index contributed by atoms with van der Waals surface area (Å²) in [4.78, 5) is 15.7. The summed E-state index contributed by atoms with van der Waals surface area (Å²) in [7, 11) is -3.01. The van der Waals surface area contributed by atoms with Gasteiger partial charge in [-0.3, -0.25) is 0 Å². The van der Waals surface area contributed by atoms with Crippen LogP contribution in [0.25, 0.3) is 0 Å².